The molecule has 0 aliphatic carbocycles. The molecular weight excluding hydrogens is 278 g/mol. The second-order valence-corrected chi connectivity index (χ2v) is 5.39. The van der Waals surface area contributed by atoms with E-state index in [0.29, 0.717) is 18.8 Å². The Kier molecular flexibility index (Phi) is 3.41. The van der Waals surface area contributed by atoms with Crippen LogP contribution in [0.25, 0.3) is 11.2 Å². The number of carbonyl (C=O) groups is 1. The lowest BCUT2D eigenvalue weighted by Gasteiger charge is -2.25. The Balaban J connectivity index is 2.12. The lowest BCUT2D eigenvalue weighted by atomic mass is 10.1. The summed E-state index contributed by atoms with van der Waals surface area (Å²) >= 11 is 6.06. The highest BCUT2D eigenvalue weighted by molar-refractivity contribution is 6.16. The van der Waals surface area contributed by atoms with Gasteiger partial charge in [-0.15, -0.1) is 11.6 Å². The molecule has 0 radical (unpaired) electrons. The first-order chi connectivity index (χ1) is 9.65. The number of imidazole rings is 1. The first kappa shape index (κ1) is 13.4. The highest BCUT2D eigenvalue weighted by atomic mass is 35.5. The summed E-state index contributed by atoms with van der Waals surface area (Å²) in [6, 6.07) is 0.201. The average Bonchev–Trinajstić information content (AvgIpc) is 2.97. The van der Waals surface area contributed by atoms with Gasteiger partial charge in [-0.1, -0.05) is 6.92 Å². The zero-order valence-electron chi connectivity index (χ0n) is 11.7. The minimum Gasteiger partial charge on any atom is -0.354 e. The summed E-state index contributed by atoms with van der Waals surface area (Å²) in [6.07, 6.45) is 2.20. The highest BCUT2D eigenvalue weighted by Crippen LogP contribution is 2.28. The van der Waals surface area contributed by atoms with Crippen molar-refractivity contribution in [3.05, 3.63) is 11.5 Å². The third-order valence-corrected chi connectivity index (χ3v) is 4.11. The number of nitrogens with zero attached hydrogens (tertiary/aromatic N) is 4. The van der Waals surface area contributed by atoms with E-state index >= 15 is 0 Å². The minimum atomic E-state index is 0.115. The van der Waals surface area contributed by atoms with E-state index in [4.69, 9.17) is 11.6 Å². The first-order valence-corrected chi connectivity index (χ1v) is 7.44. The van der Waals surface area contributed by atoms with Crippen molar-refractivity contribution in [3.8, 4) is 0 Å². The van der Waals surface area contributed by atoms with Crippen molar-refractivity contribution >= 4 is 28.7 Å². The average molecular weight is 296 g/mol. The third kappa shape index (κ3) is 1.98. The van der Waals surface area contributed by atoms with Crippen molar-refractivity contribution in [3.63, 3.8) is 0 Å². The molecule has 1 saturated heterocycles. The highest BCUT2D eigenvalue weighted by Gasteiger charge is 2.26. The molecule has 0 bridgehead atoms. The van der Waals surface area contributed by atoms with E-state index in [1.807, 2.05) is 11.7 Å². The molecule has 1 N–H and O–H groups in total. The van der Waals surface area contributed by atoms with E-state index < -0.39 is 0 Å². The Hall–Kier alpha value is -1.56. The Labute approximate surface area is 122 Å². The van der Waals surface area contributed by atoms with Crippen molar-refractivity contribution < 1.29 is 4.79 Å². The smallest absolute Gasteiger partial charge is 0.220 e. The van der Waals surface area contributed by atoms with Crippen LogP contribution in [0.2, 0.25) is 0 Å². The van der Waals surface area contributed by atoms with Gasteiger partial charge in [0.05, 0.1) is 17.6 Å². The van der Waals surface area contributed by atoms with Gasteiger partial charge in [0, 0.05) is 20.0 Å². The van der Waals surface area contributed by atoms with E-state index in [9.17, 15) is 4.79 Å². The van der Waals surface area contributed by atoms with E-state index in [-0.39, 0.29) is 11.9 Å². The van der Waals surface area contributed by atoms with Crippen LogP contribution in [0.15, 0.2) is 0 Å². The lowest BCUT2D eigenvalue weighted by Crippen LogP contribution is -2.36. The van der Waals surface area contributed by atoms with Crippen LogP contribution in [0.1, 0.15) is 37.3 Å². The predicted octanol–water partition coefficient (Wildman–Crippen LogP) is 1.52. The van der Waals surface area contributed by atoms with Crippen LogP contribution in [0.5, 0.6) is 0 Å². The number of aryl methyl sites for hydroxylation is 2. The number of alkyl halides is 1. The number of hydrogen-bond donors (Lipinski definition) is 1. The van der Waals surface area contributed by atoms with Crippen LogP contribution in [-0.4, -0.2) is 31.8 Å². The number of carbonyl (C=O) groups excluding carboxylic acids is 1. The number of hydrogen-bond acceptors (Lipinski definition) is 3. The van der Waals surface area contributed by atoms with Crippen molar-refractivity contribution in [2.45, 2.75) is 38.1 Å². The summed E-state index contributed by atoms with van der Waals surface area (Å²) in [5.41, 5.74) is 2.92. The van der Waals surface area contributed by atoms with Gasteiger partial charge >= 0.3 is 0 Å². The monoisotopic (exact) mass is 295 g/mol. The Bertz CT molecular complexity index is 649. The fraction of sp³-hybridized carbons (Fsp3) is 0.615. The van der Waals surface area contributed by atoms with Crippen LogP contribution in [0.3, 0.4) is 0 Å². The Morgan fingerprint density at radius 1 is 1.50 bits per heavy atom. The normalized spacial score (nSPS) is 19.6. The minimum absolute atomic E-state index is 0.115. The number of fused-ring (bicyclic) bond motifs is 1. The zero-order valence-corrected chi connectivity index (χ0v) is 12.4. The van der Waals surface area contributed by atoms with E-state index in [1.165, 1.54) is 0 Å². The fourth-order valence-corrected chi connectivity index (χ4v) is 3.09. The number of rotatable bonds is 3. The maximum Gasteiger partial charge on any atom is 0.220 e. The van der Waals surface area contributed by atoms with Gasteiger partial charge in [-0.05, 0) is 12.8 Å². The largest absolute Gasteiger partial charge is 0.354 e. The molecule has 1 aliphatic rings. The number of piperidine rings is 1. The Morgan fingerprint density at radius 3 is 2.90 bits per heavy atom. The summed E-state index contributed by atoms with van der Waals surface area (Å²) in [4.78, 5) is 16.0. The van der Waals surface area contributed by atoms with Crippen LogP contribution in [0, 0.1) is 0 Å². The first-order valence-electron chi connectivity index (χ1n) is 6.91. The molecule has 2 aromatic rings. The molecule has 108 valence electrons. The molecule has 6 nitrogen and oxygen atoms in total. The SMILES string of the molecule is CCc1nn(C)c2c1nc(CCl)n2C1CCC(=O)NC1. The quantitative estimate of drug-likeness (QED) is 0.873. The maximum atomic E-state index is 11.3. The molecule has 3 heterocycles. The van der Waals surface area contributed by atoms with Gasteiger partial charge < -0.3 is 9.88 Å². The Morgan fingerprint density at radius 2 is 2.30 bits per heavy atom. The van der Waals surface area contributed by atoms with Crippen molar-refractivity contribution in [1.29, 1.82) is 0 Å². The number of nitrogens with one attached hydrogen (secondary N) is 1. The molecule has 0 spiro atoms. The van der Waals surface area contributed by atoms with Crippen LogP contribution in [-0.2, 0) is 24.1 Å². The molecule has 3 rings (SSSR count). The summed E-state index contributed by atoms with van der Waals surface area (Å²) in [5.74, 6) is 1.33. The number of amides is 1. The molecule has 1 atom stereocenters. The number of halogens is 1. The summed E-state index contributed by atoms with van der Waals surface area (Å²) in [6.45, 7) is 2.70. The van der Waals surface area contributed by atoms with Crippen molar-refractivity contribution in [2.75, 3.05) is 6.54 Å². The van der Waals surface area contributed by atoms with E-state index in [2.05, 4.69) is 26.9 Å². The molecule has 1 aliphatic heterocycles. The van der Waals surface area contributed by atoms with E-state index in [1.54, 1.807) is 0 Å². The lowest BCUT2D eigenvalue weighted by molar-refractivity contribution is -0.122. The number of aromatic nitrogens is 4. The van der Waals surface area contributed by atoms with Crippen LogP contribution >= 0.6 is 11.6 Å². The molecule has 20 heavy (non-hydrogen) atoms. The van der Waals surface area contributed by atoms with Gasteiger partial charge in [-0.25, -0.2) is 4.98 Å². The van der Waals surface area contributed by atoms with Gasteiger partial charge in [0.1, 0.15) is 11.3 Å². The molecule has 0 aromatic carbocycles. The zero-order chi connectivity index (χ0) is 14.3. The molecule has 1 fully saturated rings. The van der Waals surface area contributed by atoms with Gasteiger partial charge in [-0.2, -0.15) is 5.10 Å². The standard InChI is InChI=1S/C13H18ClN5O/c1-3-9-12-13(18(2)17-9)19(10(6-14)16-12)8-4-5-11(20)15-7-8/h8H,3-7H2,1-2H3,(H,15,20). The molecule has 1 amide bonds. The second-order valence-electron chi connectivity index (χ2n) is 5.12. The van der Waals surface area contributed by atoms with Crippen molar-refractivity contribution in [2.24, 2.45) is 7.05 Å². The van der Waals surface area contributed by atoms with Gasteiger partial charge in [0.15, 0.2) is 5.65 Å². The summed E-state index contributed by atoms with van der Waals surface area (Å²) in [5, 5.41) is 7.43. The second kappa shape index (κ2) is 5.09. The summed E-state index contributed by atoms with van der Waals surface area (Å²) < 4.78 is 4.02. The van der Waals surface area contributed by atoms with Crippen LogP contribution < -0.4 is 5.32 Å². The maximum absolute atomic E-state index is 11.3. The van der Waals surface area contributed by atoms with Crippen molar-refractivity contribution in [1.82, 2.24) is 24.6 Å². The van der Waals surface area contributed by atoms with Gasteiger partial charge in [-0.3, -0.25) is 9.48 Å². The molecular formula is C13H18ClN5O. The molecule has 2 aromatic heterocycles. The topological polar surface area (TPSA) is 64.7 Å². The fourth-order valence-electron chi connectivity index (χ4n) is 2.90. The van der Waals surface area contributed by atoms with Crippen LogP contribution in [0.4, 0.5) is 0 Å². The van der Waals surface area contributed by atoms with Gasteiger partial charge in [0.25, 0.3) is 0 Å². The van der Waals surface area contributed by atoms with E-state index in [0.717, 1.165) is 35.5 Å². The summed E-state index contributed by atoms with van der Waals surface area (Å²) in [7, 11) is 1.93. The third-order valence-electron chi connectivity index (χ3n) is 3.87. The molecule has 7 heteroatoms. The molecule has 1 unspecified atom stereocenters. The van der Waals surface area contributed by atoms with Gasteiger partial charge in [0.2, 0.25) is 5.91 Å². The molecule has 0 saturated carbocycles. The predicted molar refractivity (Wildman–Crippen MR) is 76.7 cm³/mol.